The lowest BCUT2D eigenvalue weighted by molar-refractivity contribution is -0.135. The average molecular weight is 209 g/mol. The first-order valence-electron chi connectivity index (χ1n) is 4.75. The Morgan fingerprint density at radius 2 is 2.20 bits per heavy atom. The van der Waals surface area contributed by atoms with Gasteiger partial charge >= 0.3 is 0 Å². The Balaban J connectivity index is 2.36. The number of benzene rings is 1. The lowest BCUT2D eigenvalue weighted by Gasteiger charge is -2.34. The molecule has 3 nitrogen and oxygen atoms in total. The molecule has 1 aromatic rings. The molecule has 0 aromatic heterocycles. The normalized spacial score (nSPS) is 26.1. The van der Waals surface area contributed by atoms with Crippen LogP contribution in [0.25, 0.3) is 0 Å². The summed E-state index contributed by atoms with van der Waals surface area (Å²) < 4.78 is 18.7. The highest BCUT2D eigenvalue weighted by molar-refractivity contribution is 5.79. The number of carbonyl (C=O) groups excluding carboxylic acids is 1. The summed E-state index contributed by atoms with van der Waals surface area (Å²) in [7, 11) is 0. The van der Waals surface area contributed by atoms with Gasteiger partial charge in [-0.3, -0.25) is 4.79 Å². The second kappa shape index (κ2) is 3.62. The highest BCUT2D eigenvalue weighted by atomic mass is 19.1. The maximum absolute atomic E-state index is 13.5. The molecule has 0 aliphatic carbocycles. The van der Waals surface area contributed by atoms with Gasteiger partial charge in [0, 0.05) is 5.56 Å². The summed E-state index contributed by atoms with van der Waals surface area (Å²) >= 11 is 0. The number of morpholine rings is 1. The van der Waals surface area contributed by atoms with E-state index in [2.05, 4.69) is 5.32 Å². The van der Waals surface area contributed by atoms with Crippen LogP contribution in [0, 0.1) is 5.82 Å². The lowest BCUT2D eigenvalue weighted by atomic mass is 9.91. The van der Waals surface area contributed by atoms with Crippen LogP contribution in [0.5, 0.6) is 0 Å². The number of nitrogens with one attached hydrogen (secondary N) is 1. The van der Waals surface area contributed by atoms with E-state index in [1.807, 2.05) is 0 Å². The van der Waals surface area contributed by atoms with Crippen LogP contribution in [-0.2, 0) is 15.1 Å². The molecule has 1 atom stereocenters. The van der Waals surface area contributed by atoms with Gasteiger partial charge in [-0.2, -0.15) is 0 Å². The predicted molar refractivity (Wildman–Crippen MR) is 52.7 cm³/mol. The van der Waals surface area contributed by atoms with E-state index in [-0.39, 0.29) is 18.3 Å². The predicted octanol–water partition coefficient (Wildman–Crippen LogP) is 1.19. The summed E-state index contributed by atoms with van der Waals surface area (Å²) in [6.45, 7) is 2.09. The van der Waals surface area contributed by atoms with E-state index < -0.39 is 5.54 Å². The Morgan fingerprint density at radius 1 is 1.47 bits per heavy atom. The smallest absolute Gasteiger partial charge is 0.246 e. The van der Waals surface area contributed by atoms with Crippen molar-refractivity contribution in [3.05, 3.63) is 35.6 Å². The molecule has 1 aliphatic rings. The number of rotatable bonds is 1. The molecule has 1 N–H and O–H groups in total. The molecule has 0 saturated carbocycles. The third-order valence-electron chi connectivity index (χ3n) is 2.51. The molecule has 1 fully saturated rings. The van der Waals surface area contributed by atoms with Crippen molar-refractivity contribution < 1.29 is 13.9 Å². The van der Waals surface area contributed by atoms with Gasteiger partial charge in [0.1, 0.15) is 12.4 Å². The number of ether oxygens (including phenoxy) is 1. The third kappa shape index (κ3) is 1.85. The minimum absolute atomic E-state index is 0.0457. The quantitative estimate of drug-likeness (QED) is 0.754. The molecule has 1 aliphatic heterocycles. The Labute approximate surface area is 87.2 Å². The van der Waals surface area contributed by atoms with E-state index in [4.69, 9.17) is 4.74 Å². The molecule has 0 radical (unpaired) electrons. The monoisotopic (exact) mass is 209 g/mol. The van der Waals surface area contributed by atoms with Gasteiger partial charge in [0.25, 0.3) is 0 Å². The van der Waals surface area contributed by atoms with Crippen LogP contribution >= 0.6 is 0 Å². The Hall–Kier alpha value is -1.42. The molecule has 1 unspecified atom stereocenters. The zero-order valence-electron chi connectivity index (χ0n) is 8.42. The Morgan fingerprint density at radius 3 is 2.87 bits per heavy atom. The molecular formula is C11H12FNO2. The van der Waals surface area contributed by atoms with Crippen LogP contribution in [0.2, 0.25) is 0 Å². The van der Waals surface area contributed by atoms with Crippen LogP contribution in [0.1, 0.15) is 12.5 Å². The summed E-state index contributed by atoms with van der Waals surface area (Å²) in [5, 5.41) is 2.75. The van der Waals surface area contributed by atoms with Crippen molar-refractivity contribution in [2.24, 2.45) is 0 Å². The molecule has 0 bridgehead atoms. The first kappa shape index (κ1) is 10.1. The summed E-state index contributed by atoms with van der Waals surface area (Å²) in [5.41, 5.74) is -0.307. The van der Waals surface area contributed by atoms with Gasteiger partial charge < -0.3 is 10.1 Å². The van der Waals surface area contributed by atoms with Gasteiger partial charge in [-0.1, -0.05) is 18.2 Å². The number of amides is 1. The molecule has 1 saturated heterocycles. The third-order valence-corrected chi connectivity index (χ3v) is 2.51. The van der Waals surface area contributed by atoms with Crippen LogP contribution in [0.15, 0.2) is 24.3 Å². The molecule has 1 amide bonds. The van der Waals surface area contributed by atoms with E-state index in [0.29, 0.717) is 12.2 Å². The van der Waals surface area contributed by atoms with E-state index >= 15 is 0 Å². The summed E-state index contributed by atoms with van der Waals surface area (Å²) in [6.07, 6.45) is 0. The van der Waals surface area contributed by atoms with Crippen molar-refractivity contribution in [2.75, 3.05) is 13.2 Å². The second-order valence-corrected chi connectivity index (χ2v) is 3.85. The van der Waals surface area contributed by atoms with Crippen molar-refractivity contribution in [3.8, 4) is 0 Å². The molecular weight excluding hydrogens is 197 g/mol. The summed E-state index contributed by atoms with van der Waals surface area (Å²) in [6, 6.07) is 6.39. The summed E-state index contributed by atoms with van der Waals surface area (Å²) in [5.74, 6) is -0.544. The number of hydrogen-bond donors (Lipinski definition) is 1. The molecule has 15 heavy (non-hydrogen) atoms. The first-order valence-corrected chi connectivity index (χ1v) is 4.75. The molecule has 1 heterocycles. The Kier molecular flexibility index (Phi) is 2.44. The summed E-state index contributed by atoms with van der Waals surface area (Å²) in [4.78, 5) is 11.2. The first-order chi connectivity index (χ1) is 7.12. The van der Waals surface area contributed by atoms with Crippen LogP contribution in [0.4, 0.5) is 4.39 Å². The molecule has 1 aromatic carbocycles. The van der Waals surface area contributed by atoms with Crippen LogP contribution in [-0.4, -0.2) is 19.1 Å². The fourth-order valence-corrected chi connectivity index (χ4v) is 1.78. The molecule has 80 valence electrons. The SMILES string of the molecule is CC1(c2ccccc2F)COCC(=O)N1. The minimum atomic E-state index is -0.763. The van der Waals surface area contributed by atoms with Gasteiger partial charge in [0.05, 0.1) is 12.1 Å². The van der Waals surface area contributed by atoms with Crippen molar-refractivity contribution in [1.82, 2.24) is 5.32 Å². The maximum Gasteiger partial charge on any atom is 0.246 e. The topological polar surface area (TPSA) is 38.3 Å². The fourth-order valence-electron chi connectivity index (χ4n) is 1.78. The van der Waals surface area contributed by atoms with Crippen molar-refractivity contribution in [1.29, 1.82) is 0 Å². The van der Waals surface area contributed by atoms with E-state index in [9.17, 15) is 9.18 Å². The molecule has 2 rings (SSSR count). The minimum Gasteiger partial charge on any atom is -0.369 e. The fraction of sp³-hybridized carbons (Fsp3) is 0.364. The van der Waals surface area contributed by atoms with E-state index in [1.165, 1.54) is 6.07 Å². The van der Waals surface area contributed by atoms with Gasteiger partial charge in [0.2, 0.25) is 5.91 Å². The number of carbonyl (C=O) groups is 1. The molecule has 4 heteroatoms. The average Bonchev–Trinajstić information content (AvgIpc) is 2.17. The van der Waals surface area contributed by atoms with Crippen molar-refractivity contribution >= 4 is 5.91 Å². The van der Waals surface area contributed by atoms with Crippen molar-refractivity contribution in [3.63, 3.8) is 0 Å². The maximum atomic E-state index is 13.5. The van der Waals surface area contributed by atoms with Crippen LogP contribution in [0.3, 0.4) is 0 Å². The van der Waals surface area contributed by atoms with Gasteiger partial charge in [-0.25, -0.2) is 4.39 Å². The number of halogens is 1. The second-order valence-electron chi connectivity index (χ2n) is 3.85. The largest absolute Gasteiger partial charge is 0.369 e. The van der Waals surface area contributed by atoms with Crippen LogP contribution < -0.4 is 5.32 Å². The zero-order valence-corrected chi connectivity index (χ0v) is 8.42. The lowest BCUT2D eigenvalue weighted by Crippen LogP contribution is -2.53. The van der Waals surface area contributed by atoms with E-state index in [0.717, 1.165) is 0 Å². The van der Waals surface area contributed by atoms with E-state index in [1.54, 1.807) is 25.1 Å². The van der Waals surface area contributed by atoms with Gasteiger partial charge in [-0.15, -0.1) is 0 Å². The highest BCUT2D eigenvalue weighted by Crippen LogP contribution is 2.25. The standard InChI is InChI=1S/C11H12FNO2/c1-11(7-15-6-10(14)13-11)8-4-2-3-5-9(8)12/h2-5H,6-7H2,1H3,(H,13,14). The van der Waals surface area contributed by atoms with Gasteiger partial charge in [-0.05, 0) is 13.0 Å². The highest BCUT2D eigenvalue weighted by Gasteiger charge is 2.34. The molecule has 0 spiro atoms. The number of hydrogen-bond acceptors (Lipinski definition) is 2. The zero-order chi connectivity index (χ0) is 10.9. The Bertz CT molecular complexity index is 394. The van der Waals surface area contributed by atoms with Gasteiger partial charge in [0.15, 0.2) is 0 Å². The van der Waals surface area contributed by atoms with Crippen molar-refractivity contribution in [2.45, 2.75) is 12.5 Å².